The van der Waals surface area contributed by atoms with Crippen molar-refractivity contribution < 1.29 is 14.3 Å². The van der Waals surface area contributed by atoms with Crippen LogP contribution in [0.15, 0.2) is 70.1 Å². The number of carbonyl (C=O) groups excluding carboxylic acids is 1. The first kappa shape index (κ1) is 14.6. The Hall–Kier alpha value is -3.34. The fraction of sp³-hybridized carbons (Fsp3) is 0. The lowest BCUT2D eigenvalue weighted by Crippen LogP contribution is -2.09. The third kappa shape index (κ3) is 3.29. The summed E-state index contributed by atoms with van der Waals surface area (Å²) < 4.78 is 5.38. The second-order valence-electron chi connectivity index (χ2n) is 4.89. The van der Waals surface area contributed by atoms with Crippen LogP contribution in [0, 0.1) is 0 Å². The smallest absolute Gasteiger partial charge is 0.248 e. The SMILES string of the molecule is O=C(/C=C/c1coc2ccccc2c1=O)Nc1ccc(O)cc1. The lowest BCUT2D eigenvalue weighted by atomic mass is 10.1. The average molecular weight is 307 g/mol. The summed E-state index contributed by atoms with van der Waals surface area (Å²) in [5.41, 5.74) is 1.15. The largest absolute Gasteiger partial charge is 0.508 e. The molecule has 0 aliphatic heterocycles. The Kier molecular flexibility index (Phi) is 3.93. The average Bonchev–Trinajstić information content (AvgIpc) is 2.57. The minimum atomic E-state index is -0.386. The number of anilines is 1. The summed E-state index contributed by atoms with van der Waals surface area (Å²) in [5.74, 6) is -0.268. The van der Waals surface area contributed by atoms with Gasteiger partial charge in [-0.1, -0.05) is 12.1 Å². The molecule has 0 atom stereocenters. The molecule has 0 spiro atoms. The first-order valence-corrected chi connectivity index (χ1v) is 6.92. The van der Waals surface area contributed by atoms with Crippen molar-refractivity contribution in [1.82, 2.24) is 0 Å². The number of carbonyl (C=O) groups is 1. The zero-order chi connectivity index (χ0) is 16.2. The Morgan fingerprint density at radius 2 is 1.83 bits per heavy atom. The second kappa shape index (κ2) is 6.19. The molecule has 5 nitrogen and oxygen atoms in total. The monoisotopic (exact) mass is 307 g/mol. The van der Waals surface area contributed by atoms with Crippen LogP contribution in [-0.2, 0) is 4.79 Å². The van der Waals surface area contributed by atoms with Crippen molar-refractivity contribution in [1.29, 1.82) is 0 Å². The van der Waals surface area contributed by atoms with E-state index in [1.165, 1.54) is 30.5 Å². The summed E-state index contributed by atoms with van der Waals surface area (Å²) in [6.45, 7) is 0. The second-order valence-corrected chi connectivity index (χ2v) is 4.89. The molecule has 3 rings (SSSR count). The lowest BCUT2D eigenvalue weighted by molar-refractivity contribution is -0.111. The Labute approximate surface area is 131 Å². The van der Waals surface area contributed by atoms with Crippen LogP contribution in [0.2, 0.25) is 0 Å². The van der Waals surface area contributed by atoms with Crippen molar-refractivity contribution >= 4 is 28.6 Å². The van der Waals surface area contributed by atoms with Gasteiger partial charge in [-0.05, 0) is 42.5 Å². The van der Waals surface area contributed by atoms with Gasteiger partial charge < -0.3 is 14.8 Å². The first-order chi connectivity index (χ1) is 11.1. The predicted octanol–water partition coefficient (Wildman–Crippen LogP) is 3.15. The van der Waals surface area contributed by atoms with Gasteiger partial charge >= 0.3 is 0 Å². The number of amides is 1. The van der Waals surface area contributed by atoms with Crippen molar-refractivity contribution in [2.45, 2.75) is 0 Å². The summed E-state index contributed by atoms with van der Waals surface area (Å²) in [4.78, 5) is 24.1. The van der Waals surface area contributed by atoms with Crippen molar-refractivity contribution in [3.05, 3.63) is 76.7 Å². The highest BCUT2D eigenvalue weighted by Crippen LogP contribution is 2.14. The molecule has 2 N–H and O–H groups in total. The lowest BCUT2D eigenvalue weighted by Gasteiger charge is -2.02. The third-order valence-corrected chi connectivity index (χ3v) is 3.26. The van der Waals surface area contributed by atoms with E-state index in [0.29, 0.717) is 22.2 Å². The molecule has 0 fully saturated rings. The van der Waals surface area contributed by atoms with Gasteiger partial charge in [0, 0.05) is 11.8 Å². The predicted molar refractivity (Wildman–Crippen MR) is 88.3 cm³/mol. The Morgan fingerprint density at radius 3 is 2.61 bits per heavy atom. The van der Waals surface area contributed by atoms with E-state index in [9.17, 15) is 14.7 Å². The van der Waals surface area contributed by atoms with Crippen LogP contribution >= 0.6 is 0 Å². The number of phenols is 1. The maximum absolute atomic E-state index is 12.3. The van der Waals surface area contributed by atoms with Crippen LogP contribution < -0.4 is 10.7 Å². The molecule has 0 saturated heterocycles. The van der Waals surface area contributed by atoms with E-state index in [0.717, 1.165) is 0 Å². The number of hydrogen-bond donors (Lipinski definition) is 2. The number of hydrogen-bond acceptors (Lipinski definition) is 4. The van der Waals surface area contributed by atoms with E-state index < -0.39 is 0 Å². The van der Waals surface area contributed by atoms with Crippen molar-refractivity contribution in [3.63, 3.8) is 0 Å². The van der Waals surface area contributed by atoms with Gasteiger partial charge in [0.2, 0.25) is 5.91 Å². The topological polar surface area (TPSA) is 79.5 Å². The fourth-order valence-electron chi connectivity index (χ4n) is 2.10. The summed E-state index contributed by atoms with van der Waals surface area (Å²) >= 11 is 0. The summed E-state index contributed by atoms with van der Waals surface area (Å²) in [6.07, 6.45) is 4.00. The first-order valence-electron chi connectivity index (χ1n) is 6.92. The number of fused-ring (bicyclic) bond motifs is 1. The quantitative estimate of drug-likeness (QED) is 0.575. The maximum Gasteiger partial charge on any atom is 0.248 e. The zero-order valence-corrected chi connectivity index (χ0v) is 12.0. The van der Waals surface area contributed by atoms with Crippen LogP contribution in [0.4, 0.5) is 5.69 Å². The third-order valence-electron chi connectivity index (χ3n) is 3.26. The number of rotatable bonds is 3. The summed E-state index contributed by atoms with van der Waals surface area (Å²) in [7, 11) is 0. The molecule has 5 heteroatoms. The number of nitrogens with one attached hydrogen (secondary N) is 1. The Morgan fingerprint density at radius 1 is 1.09 bits per heavy atom. The van der Waals surface area contributed by atoms with Gasteiger partial charge in [0.15, 0.2) is 5.43 Å². The van der Waals surface area contributed by atoms with Crippen LogP contribution in [0.25, 0.3) is 17.0 Å². The van der Waals surface area contributed by atoms with E-state index in [2.05, 4.69) is 5.32 Å². The highest BCUT2D eigenvalue weighted by atomic mass is 16.3. The highest BCUT2D eigenvalue weighted by molar-refractivity contribution is 6.02. The molecule has 0 unspecified atom stereocenters. The zero-order valence-electron chi connectivity index (χ0n) is 12.0. The normalized spacial score (nSPS) is 11.0. The molecule has 1 heterocycles. The van der Waals surface area contributed by atoms with Crippen molar-refractivity contribution in [2.75, 3.05) is 5.32 Å². The molecule has 1 aromatic heterocycles. The number of phenolic OH excluding ortho intramolecular Hbond substituents is 1. The van der Waals surface area contributed by atoms with Crippen molar-refractivity contribution in [3.8, 4) is 5.75 Å². The van der Waals surface area contributed by atoms with E-state index in [1.807, 2.05) is 0 Å². The van der Waals surface area contributed by atoms with E-state index in [1.54, 1.807) is 36.4 Å². The maximum atomic E-state index is 12.3. The van der Waals surface area contributed by atoms with Crippen LogP contribution in [0.3, 0.4) is 0 Å². The van der Waals surface area contributed by atoms with Gasteiger partial charge in [-0.25, -0.2) is 0 Å². The summed E-state index contributed by atoms with van der Waals surface area (Å²) in [5, 5.41) is 12.3. The standard InChI is InChI=1S/C18H13NO4/c20-14-8-6-13(7-9-14)19-17(21)10-5-12-11-23-16-4-2-1-3-15(16)18(12)22/h1-11,20H,(H,19,21)/b10-5+. The minimum Gasteiger partial charge on any atom is -0.508 e. The minimum absolute atomic E-state index is 0.118. The van der Waals surface area contributed by atoms with Gasteiger partial charge in [0.25, 0.3) is 0 Å². The molecule has 3 aromatic rings. The highest BCUT2D eigenvalue weighted by Gasteiger charge is 2.04. The molecule has 114 valence electrons. The van der Waals surface area contributed by atoms with Gasteiger partial charge in [0.05, 0.1) is 10.9 Å². The van der Waals surface area contributed by atoms with Crippen LogP contribution in [0.5, 0.6) is 5.75 Å². The van der Waals surface area contributed by atoms with Crippen molar-refractivity contribution in [2.24, 2.45) is 0 Å². The fourth-order valence-corrected chi connectivity index (χ4v) is 2.10. The van der Waals surface area contributed by atoms with Gasteiger partial charge in [-0.15, -0.1) is 0 Å². The van der Waals surface area contributed by atoms with E-state index >= 15 is 0 Å². The molecule has 23 heavy (non-hydrogen) atoms. The van der Waals surface area contributed by atoms with Gasteiger partial charge in [0.1, 0.15) is 17.6 Å². The van der Waals surface area contributed by atoms with E-state index in [4.69, 9.17) is 4.42 Å². The molecule has 0 radical (unpaired) electrons. The molecule has 0 aliphatic carbocycles. The van der Waals surface area contributed by atoms with Crippen LogP contribution in [-0.4, -0.2) is 11.0 Å². The number of benzene rings is 2. The molecular weight excluding hydrogens is 294 g/mol. The molecule has 2 aromatic carbocycles. The molecule has 1 amide bonds. The summed E-state index contributed by atoms with van der Waals surface area (Å²) in [6, 6.07) is 13.0. The number of aromatic hydroxyl groups is 1. The van der Waals surface area contributed by atoms with Crippen LogP contribution in [0.1, 0.15) is 5.56 Å². The Balaban J connectivity index is 1.79. The van der Waals surface area contributed by atoms with Gasteiger partial charge in [-0.3, -0.25) is 9.59 Å². The van der Waals surface area contributed by atoms with Gasteiger partial charge in [-0.2, -0.15) is 0 Å². The number of para-hydroxylation sites is 1. The molecular formula is C18H13NO4. The molecule has 0 saturated carbocycles. The van der Waals surface area contributed by atoms with E-state index in [-0.39, 0.29) is 17.1 Å². The Bertz CT molecular complexity index is 939. The molecule has 0 aliphatic rings. The molecule has 0 bridgehead atoms.